The van der Waals surface area contributed by atoms with E-state index in [2.05, 4.69) is 4.98 Å². The molecule has 0 N–H and O–H groups in total. The zero-order chi connectivity index (χ0) is 20.5. The number of pyridine rings is 1. The molecule has 1 aromatic heterocycles. The first-order valence-corrected chi connectivity index (χ1v) is 10.2. The molecule has 0 unspecified atom stereocenters. The summed E-state index contributed by atoms with van der Waals surface area (Å²) in [4.78, 5) is 18.8. The van der Waals surface area contributed by atoms with E-state index in [1.165, 1.54) is 19.0 Å². The molecule has 30 heavy (non-hydrogen) atoms. The molecule has 3 aliphatic rings. The summed E-state index contributed by atoms with van der Waals surface area (Å²) >= 11 is 0. The molecule has 1 aromatic carbocycles. The van der Waals surface area contributed by atoms with Crippen LogP contribution in [0.3, 0.4) is 0 Å². The average Bonchev–Trinajstić information content (AvgIpc) is 3.56. The van der Waals surface area contributed by atoms with Crippen molar-refractivity contribution >= 4 is 11.6 Å². The van der Waals surface area contributed by atoms with Crippen LogP contribution in [0.2, 0.25) is 0 Å². The van der Waals surface area contributed by atoms with Crippen molar-refractivity contribution in [3.05, 3.63) is 36.0 Å². The number of fused-ring (bicyclic) bond motifs is 1. The monoisotopic (exact) mass is 412 g/mol. The number of anilines is 1. The van der Waals surface area contributed by atoms with E-state index in [1.807, 2.05) is 12.1 Å². The SMILES string of the molecule is COc1cc(N2COc3cc(OC4COC4)ncc3C2=O)ccc1OCCC1CC1. The topological polar surface area (TPSA) is 79.4 Å². The van der Waals surface area contributed by atoms with E-state index in [1.54, 1.807) is 24.1 Å². The Morgan fingerprint density at radius 2 is 2.07 bits per heavy atom. The first-order valence-electron chi connectivity index (χ1n) is 10.2. The molecule has 8 heteroatoms. The van der Waals surface area contributed by atoms with Crippen molar-refractivity contribution in [2.45, 2.75) is 25.4 Å². The van der Waals surface area contributed by atoms with Gasteiger partial charge in [-0.3, -0.25) is 9.69 Å². The lowest BCUT2D eigenvalue weighted by Crippen LogP contribution is -2.40. The van der Waals surface area contributed by atoms with Crippen molar-refractivity contribution in [3.63, 3.8) is 0 Å². The number of ether oxygens (including phenoxy) is 5. The minimum atomic E-state index is -0.188. The van der Waals surface area contributed by atoms with Gasteiger partial charge in [-0.15, -0.1) is 0 Å². The van der Waals surface area contributed by atoms with E-state index in [9.17, 15) is 4.79 Å². The molecule has 1 saturated carbocycles. The van der Waals surface area contributed by atoms with Gasteiger partial charge in [0.2, 0.25) is 5.88 Å². The van der Waals surface area contributed by atoms with Gasteiger partial charge in [-0.05, 0) is 24.5 Å². The van der Waals surface area contributed by atoms with Crippen LogP contribution >= 0.6 is 0 Å². The molecule has 5 rings (SSSR count). The van der Waals surface area contributed by atoms with Crippen molar-refractivity contribution < 1.29 is 28.5 Å². The molecular formula is C22H24N2O6. The summed E-state index contributed by atoms with van der Waals surface area (Å²) in [6, 6.07) is 7.11. The van der Waals surface area contributed by atoms with Gasteiger partial charge in [0.25, 0.3) is 5.91 Å². The van der Waals surface area contributed by atoms with Crippen molar-refractivity contribution in [1.29, 1.82) is 0 Å². The van der Waals surface area contributed by atoms with E-state index < -0.39 is 0 Å². The number of methoxy groups -OCH3 is 1. The molecular weight excluding hydrogens is 388 g/mol. The van der Waals surface area contributed by atoms with Crippen LogP contribution in [0.15, 0.2) is 30.5 Å². The van der Waals surface area contributed by atoms with Crippen molar-refractivity contribution in [2.24, 2.45) is 5.92 Å². The molecule has 158 valence electrons. The van der Waals surface area contributed by atoms with Gasteiger partial charge >= 0.3 is 0 Å². The minimum absolute atomic E-state index is 0.00353. The van der Waals surface area contributed by atoms with Crippen LogP contribution in [0.5, 0.6) is 23.1 Å². The lowest BCUT2D eigenvalue weighted by molar-refractivity contribution is -0.0814. The Morgan fingerprint density at radius 1 is 1.20 bits per heavy atom. The van der Waals surface area contributed by atoms with Gasteiger partial charge in [-0.1, -0.05) is 12.8 Å². The third-order valence-corrected chi connectivity index (χ3v) is 5.50. The Morgan fingerprint density at radius 3 is 2.80 bits per heavy atom. The first-order chi connectivity index (χ1) is 14.7. The molecule has 2 fully saturated rings. The Kier molecular flexibility index (Phi) is 5.08. The second-order valence-corrected chi connectivity index (χ2v) is 7.72. The van der Waals surface area contributed by atoms with Gasteiger partial charge in [0.05, 0.1) is 32.6 Å². The molecule has 0 bridgehead atoms. The van der Waals surface area contributed by atoms with Gasteiger partial charge in [0.1, 0.15) is 17.4 Å². The normalized spacial score (nSPS) is 18.3. The van der Waals surface area contributed by atoms with Crippen LogP contribution in [-0.2, 0) is 4.74 Å². The fourth-order valence-corrected chi connectivity index (χ4v) is 3.43. The quantitative estimate of drug-likeness (QED) is 0.659. The average molecular weight is 412 g/mol. The highest BCUT2D eigenvalue weighted by molar-refractivity contribution is 6.08. The number of aromatic nitrogens is 1. The summed E-state index contributed by atoms with van der Waals surface area (Å²) in [5.41, 5.74) is 1.06. The Hall–Kier alpha value is -3.00. The second kappa shape index (κ2) is 8.02. The highest BCUT2D eigenvalue weighted by Crippen LogP contribution is 2.37. The highest BCUT2D eigenvalue weighted by atomic mass is 16.6. The van der Waals surface area contributed by atoms with Crippen molar-refractivity contribution in [1.82, 2.24) is 4.98 Å². The second-order valence-electron chi connectivity index (χ2n) is 7.72. The van der Waals surface area contributed by atoms with Crippen molar-refractivity contribution in [2.75, 3.05) is 38.6 Å². The predicted octanol–water partition coefficient (Wildman–Crippen LogP) is 3.04. The molecule has 1 saturated heterocycles. The molecule has 8 nitrogen and oxygen atoms in total. The van der Waals surface area contributed by atoms with Crippen LogP contribution in [0.1, 0.15) is 29.6 Å². The molecule has 0 radical (unpaired) electrons. The van der Waals surface area contributed by atoms with E-state index in [0.29, 0.717) is 54.2 Å². The molecule has 2 aliphatic heterocycles. The van der Waals surface area contributed by atoms with Crippen LogP contribution < -0.4 is 23.8 Å². The van der Waals surface area contributed by atoms with Crippen LogP contribution in [0, 0.1) is 5.92 Å². The summed E-state index contributed by atoms with van der Waals surface area (Å²) in [6.07, 6.45) is 5.16. The predicted molar refractivity (Wildman–Crippen MR) is 108 cm³/mol. The maximum absolute atomic E-state index is 13.0. The summed E-state index contributed by atoms with van der Waals surface area (Å²) in [5.74, 6) is 2.78. The number of hydrogen-bond acceptors (Lipinski definition) is 7. The van der Waals surface area contributed by atoms with Crippen LogP contribution in [-0.4, -0.2) is 50.7 Å². The van der Waals surface area contributed by atoms with E-state index in [4.69, 9.17) is 23.7 Å². The summed E-state index contributed by atoms with van der Waals surface area (Å²) < 4.78 is 28.0. The summed E-state index contributed by atoms with van der Waals surface area (Å²) in [5, 5.41) is 0. The zero-order valence-corrected chi connectivity index (χ0v) is 16.8. The smallest absolute Gasteiger partial charge is 0.266 e. The first kappa shape index (κ1) is 19.0. The third kappa shape index (κ3) is 3.87. The van der Waals surface area contributed by atoms with E-state index in [0.717, 1.165) is 12.3 Å². The number of nitrogens with zero attached hydrogens (tertiary/aromatic N) is 2. The number of rotatable bonds is 8. The largest absolute Gasteiger partial charge is 0.493 e. The minimum Gasteiger partial charge on any atom is -0.493 e. The Labute approximate surface area is 174 Å². The molecule has 0 spiro atoms. The Bertz CT molecular complexity index is 941. The molecule has 3 heterocycles. The maximum Gasteiger partial charge on any atom is 0.266 e. The zero-order valence-electron chi connectivity index (χ0n) is 16.8. The lowest BCUT2D eigenvalue weighted by atomic mass is 10.1. The molecule has 1 aliphatic carbocycles. The van der Waals surface area contributed by atoms with Gasteiger partial charge in [0, 0.05) is 18.3 Å². The summed E-state index contributed by atoms with van der Waals surface area (Å²) in [6.45, 7) is 1.86. The number of hydrogen-bond donors (Lipinski definition) is 0. The maximum atomic E-state index is 13.0. The number of carbonyl (C=O) groups is 1. The van der Waals surface area contributed by atoms with Crippen molar-refractivity contribution in [3.8, 4) is 23.1 Å². The Balaban J connectivity index is 1.30. The molecule has 1 amide bonds. The van der Waals surface area contributed by atoms with E-state index in [-0.39, 0.29) is 18.7 Å². The van der Waals surface area contributed by atoms with Crippen LogP contribution in [0.4, 0.5) is 5.69 Å². The highest BCUT2D eigenvalue weighted by Gasteiger charge is 2.29. The summed E-state index contributed by atoms with van der Waals surface area (Å²) in [7, 11) is 1.59. The molecule has 2 aromatic rings. The van der Waals surface area contributed by atoms with Gasteiger partial charge in [-0.25, -0.2) is 4.98 Å². The lowest BCUT2D eigenvalue weighted by Gasteiger charge is -2.30. The fourth-order valence-electron chi connectivity index (χ4n) is 3.43. The number of benzene rings is 1. The van der Waals surface area contributed by atoms with Crippen LogP contribution in [0.25, 0.3) is 0 Å². The van der Waals surface area contributed by atoms with Gasteiger partial charge in [-0.2, -0.15) is 0 Å². The number of carbonyl (C=O) groups excluding carboxylic acids is 1. The standard InChI is InChI=1S/C22H24N2O6/c1-26-20-8-15(4-5-18(20)28-7-6-14-2-3-14)24-13-29-19-9-21(30-16-11-27-12-16)23-10-17(19)22(24)25/h4-5,8-10,14,16H,2-3,6-7,11-13H2,1H3. The van der Waals surface area contributed by atoms with Gasteiger partial charge in [0.15, 0.2) is 18.2 Å². The number of amides is 1. The third-order valence-electron chi connectivity index (χ3n) is 5.50. The molecule has 0 atom stereocenters. The van der Waals surface area contributed by atoms with Gasteiger partial charge < -0.3 is 23.7 Å². The van der Waals surface area contributed by atoms with E-state index >= 15 is 0 Å². The fraction of sp³-hybridized carbons (Fsp3) is 0.455.